The Labute approximate surface area is 112 Å². The summed E-state index contributed by atoms with van der Waals surface area (Å²) in [5.74, 6) is -0.467. The number of halogens is 2. The van der Waals surface area contributed by atoms with Gasteiger partial charge < -0.3 is 10.6 Å². The topological polar surface area (TPSA) is 64.9 Å². The molecule has 2 N–H and O–H groups in total. The van der Waals surface area contributed by atoms with Crippen molar-refractivity contribution in [3.05, 3.63) is 45.3 Å². The van der Waals surface area contributed by atoms with Gasteiger partial charge in [0.1, 0.15) is 5.82 Å². The number of urea groups is 1. The normalized spacial score (nSPS) is 19.0. The van der Waals surface area contributed by atoms with Gasteiger partial charge in [0.2, 0.25) is 0 Å². The lowest BCUT2D eigenvalue weighted by molar-refractivity contribution is 0.238. The van der Waals surface area contributed by atoms with Crippen LogP contribution in [0.3, 0.4) is 0 Å². The van der Waals surface area contributed by atoms with Crippen LogP contribution in [0.2, 0.25) is 0 Å². The standard InChI is InChI=1S/C12H9BrFN3O/c1-6-9(5-15)11(17-12(18)16-6)8-4-7(13)2-3-10(8)14/h2-4,11H,1H3,(H2,16,17,18). The van der Waals surface area contributed by atoms with E-state index in [1.54, 1.807) is 19.1 Å². The molecule has 1 unspecified atom stereocenters. The number of carbonyl (C=O) groups is 1. The molecule has 0 aliphatic carbocycles. The van der Waals surface area contributed by atoms with Crippen LogP contribution >= 0.6 is 15.9 Å². The molecule has 2 rings (SSSR count). The lowest BCUT2D eigenvalue weighted by Crippen LogP contribution is -2.43. The summed E-state index contributed by atoms with van der Waals surface area (Å²) in [6, 6.07) is 5.18. The summed E-state index contributed by atoms with van der Waals surface area (Å²) in [6.45, 7) is 1.61. The third kappa shape index (κ3) is 2.22. The minimum atomic E-state index is -0.763. The van der Waals surface area contributed by atoms with Gasteiger partial charge in [-0.05, 0) is 25.1 Å². The Balaban J connectivity index is 2.55. The molecule has 4 nitrogen and oxygen atoms in total. The molecule has 18 heavy (non-hydrogen) atoms. The van der Waals surface area contributed by atoms with Crippen LogP contribution in [0.25, 0.3) is 0 Å². The molecular formula is C12H9BrFN3O. The maximum Gasteiger partial charge on any atom is 0.319 e. The number of nitriles is 1. The summed E-state index contributed by atoms with van der Waals surface area (Å²) in [6.07, 6.45) is 0. The minimum Gasteiger partial charge on any atom is -0.326 e. The zero-order chi connectivity index (χ0) is 13.3. The number of carbonyl (C=O) groups excluding carboxylic acids is 1. The largest absolute Gasteiger partial charge is 0.326 e. The number of allylic oxidation sites excluding steroid dienone is 1. The highest BCUT2D eigenvalue weighted by Gasteiger charge is 2.28. The molecule has 0 spiro atoms. The molecule has 0 saturated carbocycles. The Morgan fingerprint density at radius 2 is 2.22 bits per heavy atom. The van der Waals surface area contributed by atoms with E-state index in [0.29, 0.717) is 15.7 Å². The Morgan fingerprint density at radius 1 is 1.50 bits per heavy atom. The molecule has 0 aromatic heterocycles. The van der Waals surface area contributed by atoms with Crippen LogP contribution in [0.5, 0.6) is 0 Å². The highest BCUT2D eigenvalue weighted by atomic mass is 79.9. The number of hydrogen-bond acceptors (Lipinski definition) is 2. The number of nitrogens with one attached hydrogen (secondary N) is 2. The second kappa shape index (κ2) is 4.78. The van der Waals surface area contributed by atoms with Gasteiger partial charge in [-0.1, -0.05) is 15.9 Å². The molecule has 1 aliphatic rings. The molecule has 0 bridgehead atoms. The van der Waals surface area contributed by atoms with Crippen molar-refractivity contribution in [2.24, 2.45) is 0 Å². The van der Waals surface area contributed by atoms with E-state index in [9.17, 15) is 9.18 Å². The number of amides is 2. The van der Waals surface area contributed by atoms with Crippen molar-refractivity contribution in [1.29, 1.82) is 5.26 Å². The molecule has 2 amide bonds. The van der Waals surface area contributed by atoms with E-state index in [-0.39, 0.29) is 5.56 Å². The van der Waals surface area contributed by atoms with Crippen molar-refractivity contribution in [3.8, 4) is 6.07 Å². The quantitative estimate of drug-likeness (QED) is 0.837. The van der Waals surface area contributed by atoms with Crippen LogP contribution in [-0.4, -0.2) is 6.03 Å². The van der Waals surface area contributed by atoms with Crippen molar-refractivity contribution in [1.82, 2.24) is 10.6 Å². The number of benzene rings is 1. The van der Waals surface area contributed by atoms with Crippen LogP contribution in [0.1, 0.15) is 18.5 Å². The predicted molar refractivity (Wildman–Crippen MR) is 66.8 cm³/mol. The number of hydrogen-bond donors (Lipinski definition) is 2. The van der Waals surface area contributed by atoms with E-state index in [1.807, 2.05) is 6.07 Å². The second-order valence-corrected chi connectivity index (χ2v) is 4.76. The van der Waals surface area contributed by atoms with Crippen LogP contribution in [-0.2, 0) is 0 Å². The Kier molecular flexibility index (Phi) is 3.34. The highest BCUT2D eigenvalue weighted by molar-refractivity contribution is 9.10. The van der Waals surface area contributed by atoms with Gasteiger partial charge in [0.05, 0.1) is 17.7 Å². The van der Waals surface area contributed by atoms with E-state index in [4.69, 9.17) is 5.26 Å². The molecule has 6 heteroatoms. The molecule has 1 aliphatic heterocycles. The average molecular weight is 310 g/mol. The van der Waals surface area contributed by atoms with Gasteiger partial charge in [0, 0.05) is 15.7 Å². The van der Waals surface area contributed by atoms with Crippen molar-refractivity contribution in [3.63, 3.8) is 0 Å². The van der Waals surface area contributed by atoms with E-state index in [1.165, 1.54) is 6.07 Å². The third-order valence-electron chi connectivity index (χ3n) is 2.66. The smallest absolute Gasteiger partial charge is 0.319 e. The SMILES string of the molecule is CC1=C(C#N)C(c2cc(Br)ccc2F)NC(=O)N1. The first-order valence-corrected chi connectivity index (χ1v) is 5.95. The fraction of sp³-hybridized carbons (Fsp3) is 0.167. The first-order chi connectivity index (χ1) is 8.52. The Hall–Kier alpha value is -1.87. The fourth-order valence-electron chi connectivity index (χ4n) is 1.81. The van der Waals surface area contributed by atoms with Gasteiger partial charge in [0.25, 0.3) is 0 Å². The molecule has 0 fully saturated rings. The van der Waals surface area contributed by atoms with Gasteiger partial charge in [0.15, 0.2) is 0 Å². The third-order valence-corrected chi connectivity index (χ3v) is 3.15. The summed E-state index contributed by atoms with van der Waals surface area (Å²) in [7, 11) is 0. The molecule has 0 radical (unpaired) electrons. The summed E-state index contributed by atoms with van der Waals surface area (Å²) < 4.78 is 14.5. The predicted octanol–water partition coefficient (Wildman–Crippen LogP) is 2.74. The van der Waals surface area contributed by atoms with Gasteiger partial charge in [-0.3, -0.25) is 0 Å². The maximum atomic E-state index is 13.8. The monoisotopic (exact) mass is 309 g/mol. The Bertz CT molecular complexity index is 591. The van der Waals surface area contributed by atoms with Crippen LogP contribution in [0, 0.1) is 17.1 Å². The van der Waals surface area contributed by atoms with Crippen LogP contribution < -0.4 is 10.6 Å². The van der Waals surface area contributed by atoms with Crippen molar-refractivity contribution in [2.75, 3.05) is 0 Å². The van der Waals surface area contributed by atoms with Crippen molar-refractivity contribution in [2.45, 2.75) is 13.0 Å². The summed E-state index contributed by atoms with van der Waals surface area (Å²) >= 11 is 3.24. The number of rotatable bonds is 1. The molecule has 1 aromatic rings. The molecule has 0 saturated heterocycles. The van der Waals surface area contributed by atoms with E-state index < -0.39 is 17.9 Å². The molecule has 1 heterocycles. The summed E-state index contributed by atoms with van der Waals surface area (Å²) in [4.78, 5) is 11.4. The molecular weight excluding hydrogens is 301 g/mol. The van der Waals surface area contributed by atoms with Crippen LogP contribution in [0.15, 0.2) is 33.9 Å². The fourth-order valence-corrected chi connectivity index (χ4v) is 2.19. The second-order valence-electron chi connectivity index (χ2n) is 3.85. The zero-order valence-corrected chi connectivity index (χ0v) is 11.0. The molecule has 1 atom stereocenters. The van der Waals surface area contributed by atoms with E-state index >= 15 is 0 Å². The van der Waals surface area contributed by atoms with Crippen LogP contribution in [0.4, 0.5) is 9.18 Å². The van der Waals surface area contributed by atoms with Gasteiger partial charge in [-0.25, -0.2) is 9.18 Å². The van der Waals surface area contributed by atoms with E-state index in [0.717, 1.165) is 0 Å². The summed E-state index contributed by atoms with van der Waals surface area (Å²) in [5, 5.41) is 14.1. The summed E-state index contributed by atoms with van der Waals surface area (Å²) in [5.41, 5.74) is 0.993. The Morgan fingerprint density at radius 3 is 2.89 bits per heavy atom. The van der Waals surface area contributed by atoms with Crippen molar-refractivity contribution < 1.29 is 9.18 Å². The average Bonchev–Trinajstić information content (AvgIpc) is 2.31. The zero-order valence-electron chi connectivity index (χ0n) is 9.42. The van der Waals surface area contributed by atoms with Gasteiger partial charge in [-0.15, -0.1) is 0 Å². The first-order valence-electron chi connectivity index (χ1n) is 5.16. The number of nitrogens with zero attached hydrogens (tertiary/aromatic N) is 1. The maximum absolute atomic E-state index is 13.8. The van der Waals surface area contributed by atoms with Gasteiger partial charge in [-0.2, -0.15) is 5.26 Å². The molecule has 92 valence electrons. The van der Waals surface area contributed by atoms with E-state index in [2.05, 4.69) is 26.6 Å². The lowest BCUT2D eigenvalue weighted by Gasteiger charge is -2.26. The van der Waals surface area contributed by atoms with Gasteiger partial charge >= 0.3 is 6.03 Å². The minimum absolute atomic E-state index is 0.259. The highest BCUT2D eigenvalue weighted by Crippen LogP contribution is 2.29. The molecule has 1 aromatic carbocycles. The van der Waals surface area contributed by atoms with Crippen molar-refractivity contribution >= 4 is 22.0 Å². The lowest BCUT2D eigenvalue weighted by atomic mass is 9.96. The first kappa shape index (κ1) is 12.6.